The van der Waals surface area contributed by atoms with Crippen LogP contribution >= 0.6 is 0 Å². The van der Waals surface area contributed by atoms with E-state index in [1.54, 1.807) is 6.08 Å². The van der Waals surface area contributed by atoms with Crippen molar-refractivity contribution in [3.63, 3.8) is 0 Å². The lowest BCUT2D eigenvalue weighted by molar-refractivity contribution is -0.119. The number of hydrogen-bond acceptors (Lipinski definition) is 3. The summed E-state index contributed by atoms with van der Waals surface area (Å²) in [7, 11) is 3.95. The van der Waals surface area contributed by atoms with Crippen molar-refractivity contribution in [3.8, 4) is 0 Å². The van der Waals surface area contributed by atoms with E-state index in [1.807, 2.05) is 25.1 Å². The van der Waals surface area contributed by atoms with Gasteiger partial charge in [-0.3, -0.25) is 4.79 Å². The lowest BCUT2D eigenvalue weighted by Crippen LogP contribution is -2.45. The van der Waals surface area contributed by atoms with Gasteiger partial charge in [0.1, 0.15) is 0 Å². The fourth-order valence-electron chi connectivity index (χ4n) is 1.97. The number of hydrogen-bond donors (Lipinski definition) is 1. The molecule has 1 heterocycles. The lowest BCUT2D eigenvalue weighted by atomic mass is 9.94. The molecule has 1 saturated heterocycles. The Bertz CT molecular complexity index is 285. The summed E-state index contributed by atoms with van der Waals surface area (Å²) in [5.41, 5.74) is -0.121. The Hall–Kier alpha value is -0.870. The second-order valence-electron chi connectivity index (χ2n) is 5.47. The quantitative estimate of drug-likeness (QED) is 0.750. The number of ether oxygens (including phenoxy) is 1. The summed E-state index contributed by atoms with van der Waals surface area (Å²) in [6.45, 7) is 5.63. The lowest BCUT2D eigenvalue weighted by Gasteiger charge is -2.35. The van der Waals surface area contributed by atoms with E-state index in [0.717, 1.165) is 26.0 Å². The van der Waals surface area contributed by atoms with Crippen molar-refractivity contribution >= 4 is 5.91 Å². The van der Waals surface area contributed by atoms with Crippen LogP contribution in [0.4, 0.5) is 0 Å². The van der Waals surface area contributed by atoms with Gasteiger partial charge in [-0.15, -0.1) is 0 Å². The summed E-state index contributed by atoms with van der Waals surface area (Å²) in [4.78, 5) is 13.7. The highest BCUT2D eigenvalue weighted by Crippen LogP contribution is 2.23. The van der Waals surface area contributed by atoms with Gasteiger partial charge in [0.15, 0.2) is 0 Å². The van der Waals surface area contributed by atoms with Gasteiger partial charge in [0.25, 0.3) is 0 Å². The van der Waals surface area contributed by atoms with E-state index in [9.17, 15) is 4.79 Å². The molecule has 1 N–H and O–H groups in total. The number of nitrogens with one attached hydrogen (secondary N) is 1. The number of likely N-dealkylation sites (N-methyl/N-ethyl adjacent to an activating group) is 1. The predicted octanol–water partition coefficient (Wildman–Crippen LogP) is 1.18. The highest BCUT2D eigenvalue weighted by atomic mass is 16.5. The maximum atomic E-state index is 11.6. The highest BCUT2D eigenvalue weighted by Gasteiger charge is 2.29. The summed E-state index contributed by atoms with van der Waals surface area (Å²) in [5.74, 6) is -0.00505. The van der Waals surface area contributed by atoms with Crippen LogP contribution in [0.5, 0.6) is 0 Å². The van der Waals surface area contributed by atoms with Crippen molar-refractivity contribution in [2.24, 2.45) is 0 Å². The molecule has 0 aliphatic carbocycles. The van der Waals surface area contributed by atoms with E-state index < -0.39 is 0 Å². The van der Waals surface area contributed by atoms with Gasteiger partial charge >= 0.3 is 0 Å². The van der Waals surface area contributed by atoms with Crippen LogP contribution in [-0.2, 0) is 9.53 Å². The van der Waals surface area contributed by atoms with Crippen LogP contribution in [0.2, 0.25) is 0 Å². The SMILES string of the molecule is CN(C)C/C=C/C(=O)NC1CCOC(C)(C)C1. The molecule has 17 heavy (non-hydrogen) atoms. The molecule has 0 spiro atoms. The molecule has 0 aromatic heterocycles. The third-order valence-corrected chi connectivity index (χ3v) is 2.78. The summed E-state index contributed by atoms with van der Waals surface area (Å²) in [5, 5.41) is 3.02. The van der Waals surface area contributed by atoms with Crippen LogP contribution in [0.3, 0.4) is 0 Å². The summed E-state index contributed by atoms with van der Waals surface area (Å²) in [6, 6.07) is 0.232. The van der Waals surface area contributed by atoms with Crippen LogP contribution in [0, 0.1) is 0 Å². The molecule has 4 heteroatoms. The molecule has 1 aliphatic rings. The van der Waals surface area contributed by atoms with Crippen LogP contribution in [0.15, 0.2) is 12.2 Å². The van der Waals surface area contributed by atoms with E-state index in [2.05, 4.69) is 19.2 Å². The van der Waals surface area contributed by atoms with Gasteiger partial charge in [-0.2, -0.15) is 0 Å². The van der Waals surface area contributed by atoms with E-state index in [1.165, 1.54) is 0 Å². The molecule has 1 fully saturated rings. The van der Waals surface area contributed by atoms with Crippen LogP contribution in [-0.4, -0.2) is 49.7 Å². The van der Waals surface area contributed by atoms with Gasteiger partial charge in [-0.05, 0) is 40.8 Å². The topological polar surface area (TPSA) is 41.6 Å². The van der Waals surface area contributed by atoms with Gasteiger partial charge < -0.3 is 15.0 Å². The number of rotatable bonds is 4. The minimum Gasteiger partial charge on any atom is -0.375 e. The van der Waals surface area contributed by atoms with Gasteiger partial charge in [0.2, 0.25) is 5.91 Å². The third-order valence-electron chi connectivity index (χ3n) is 2.78. The number of nitrogens with zero attached hydrogens (tertiary/aromatic N) is 1. The Morgan fingerprint density at radius 1 is 1.53 bits per heavy atom. The Balaban J connectivity index is 2.33. The Labute approximate surface area is 104 Å². The van der Waals surface area contributed by atoms with Crippen molar-refractivity contribution in [2.45, 2.75) is 38.3 Å². The first-order chi connectivity index (χ1) is 7.89. The molecule has 1 aliphatic heterocycles. The van der Waals surface area contributed by atoms with E-state index >= 15 is 0 Å². The number of carbonyl (C=O) groups excluding carboxylic acids is 1. The highest BCUT2D eigenvalue weighted by molar-refractivity contribution is 5.87. The number of amides is 1. The molecule has 4 nitrogen and oxygen atoms in total. The fourth-order valence-corrected chi connectivity index (χ4v) is 1.97. The van der Waals surface area contributed by atoms with Crippen LogP contribution in [0.1, 0.15) is 26.7 Å². The number of carbonyl (C=O) groups is 1. The standard InChI is InChI=1S/C13H24N2O2/c1-13(2)10-11(7-9-17-13)14-12(16)6-5-8-15(3)4/h5-6,11H,7-10H2,1-4H3,(H,14,16)/b6-5+. The molecule has 0 radical (unpaired) electrons. The van der Waals surface area contributed by atoms with E-state index in [0.29, 0.717) is 0 Å². The summed E-state index contributed by atoms with van der Waals surface area (Å²) >= 11 is 0. The van der Waals surface area contributed by atoms with Crippen molar-refractivity contribution < 1.29 is 9.53 Å². The average molecular weight is 240 g/mol. The van der Waals surface area contributed by atoms with Crippen molar-refractivity contribution in [3.05, 3.63) is 12.2 Å². The molecule has 0 saturated carbocycles. The predicted molar refractivity (Wildman–Crippen MR) is 68.9 cm³/mol. The molecule has 0 bridgehead atoms. The van der Waals surface area contributed by atoms with Gasteiger partial charge in [0.05, 0.1) is 5.60 Å². The Morgan fingerprint density at radius 2 is 2.24 bits per heavy atom. The second kappa shape index (κ2) is 6.17. The third kappa shape index (κ3) is 5.84. The van der Waals surface area contributed by atoms with E-state index in [-0.39, 0.29) is 17.6 Å². The zero-order chi connectivity index (χ0) is 12.9. The molecule has 98 valence electrons. The maximum Gasteiger partial charge on any atom is 0.243 e. The van der Waals surface area contributed by atoms with Gasteiger partial charge in [0, 0.05) is 25.3 Å². The molecule has 1 unspecified atom stereocenters. The first-order valence-corrected chi connectivity index (χ1v) is 6.15. The zero-order valence-corrected chi connectivity index (χ0v) is 11.3. The molecule has 1 rings (SSSR count). The molecule has 0 aromatic rings. The molecule has 1 atom stereocenters. The van der Waals surface area contributed by atoms with Gasteiger partial charge in [-0.25, -0.2) is 0 Å². The monoisotopic (exact) mass is 240 g/mol. The fraction of sp³-hybridized carbons (Fsp3) is 0.769. The van der Waals surface area contributed by atoms with Crippen LogP contribution < -0.4 is 5.32 Å². The van der Waals surface area contributed by atoms with Crippen LogP contribution in [0.25, 0.3) is 0 Å². The first-order valence-electron chi connectivity index (χ1n) is 6.15. The summed E-state index contributed by atoms with van der Waals surface area (Å²) in [6.07, 6.45) is 5.26. The molecular weight excluding hydrogens is 216 g/mol. The molecule has 1 amide bonds. The van der Waals surface area contributed by atoms with Crippen molar-refractivity contribution in [1.29, 1.82) is 0 Å². The Kier molecular flexibility index (Phi) is 5.15. The first kappa shape index (κ1) is 14.2. The molecular formula is C13H24N2O2. The normalized spacial score (nSPS) is 24.2. The minimum absolute atomic E-state index is 0.00505. The van der Waals surface area contributed by atoms with Gasteiger partial charge in [-0.1, -0.05) is 6.08 Å². The smallest absolute Gasteiger partial charge is 0.243 e. The average Bonchev–Trinajstić information content (AvgIpc) is 2.14. The molecule has 0 aromatic carbocycles. The van der Waals surface area contributed by atoms with Crippen molar-refractivity contribution in [1.82, 2.24) is 10.2 Å². The summed E-state index contributed by atoms with van der Waals surface area (Å²) < 4.78 is 5.61. The zero-order valence-electron chi connectivity index (χ0n) is 11.3. The van der Waals surface area contributed by atoms with E-state index in [4.69, 9.17) is 4.74 Å². The maximum absolute atomic E-state index is 11.6. The van der Waals surface area contributed by atoms with Crippen molar-refractivity contribution in [2.75, 3.05) is 27.2 Å². The Morgan fingerprint density at radius 3 is 2.82 bits per heavy atom. The second-order valence-corrected chi connectivity index (χ2v) is 5.47. The largest absolute Gasteiger partial charge is 0.375 e. The minimum atomic E-state index is -0.121.